The molecule has 1 aromatic rings. The number of ether oxygens (including phenoxy) is 1. The highest BCUT2D eigenvalue weighted by atomic mass is 79.9. The highest BCUT2D eigenvalue weighted by Gasteiger charge is 2.46. The quantitative estimate of drug-likeness (QED) is 0.870. The van der Waals surface area contributed by atoms with Gasteiger partial charge in [0.15, 0.2) is 0 Å². The molecule has 0 bridgehead atoms. The zero-order valence-electron chi connectivity index (χ0n) is 9.83. The number of rotatable bonds is 3. The summed E-state index contributed by atoms with van der Waals surface area (Å²) in [5.41, 5.74) is 7.41. The number of benzene rings is 1. The van der Waals surface area contributed by atoms with Crippen LogP contribution in [0.1, 0.15) is 24.0 Å². The van der Waals surface area contributed by atoms with Gasteiger partial charge in [0.2, 0.25) is 0 Å². The predicted octanol–water partition coefficient (Wildman–Crippen LogP) is 2.15. The Labute approximate surface area is 109 Å². The fourth-order valence-electron chi connectivity index (χ4n) is 2.75. The van der Waals surface area contributed by atoms with Gasteiger partial charge in [0.05, 0.1) is 12.5 Å². The summed E-state index contributed by atoms with van der Waals surface area (Å²) in [5.74, 6) is -0.167. The number of halogens is 1. The van der Waals surface area contributed by atoms with Gasteiger partial charge in [0, 0.05) is 4.47 Å². The van der Waals surface area contributed by atoms with Crippen molar-refractivity contribution in [2.45, 2.75) is 24.7 Å². The Kier molecular flexibility index (Phi) is 3.54. The van der Waals surface area contributed by atoms with E-state index in [-0.39, 0.29) is 5.97 Å². The molecule has 3 nitrogen and oxygen atoms in total. The molecule has 0 aliphatic heterocycles. The Hall–Kier alpha value is -0.870. The molecule has 1 unspecified atom stereocenters. The molecular formula is C13H16BrNO2. The maximum absolute atomic E-state index is 12.1. The minimum absolute atomic E-state index is 0.167. The second-order valence-corrected chi connectivity index (χ2v) is 5.23. The van der Waals surface area contributed by atoms with E-state index in [1.165, 1.54) is 12.7 Å². The van der Waals surface area contributed by atoms with Crippen LogP contribution >= 0.6 is 15.9 Å². The lowest BCUT2D eigenvalue weighted by atomic mass is 9.79. The molecule has 0 heterocycles. The maximum atomic E-state index is 12.1. The average Bonchev–Trinajstić information content (AvgIpc) is 2.71. The van der Waals surface area contributed by atoms with Crippen LogP contribution in [0.5, 0.6) is 0 Å². The number of carbonyl (C=O) groups excluding carboxylic acids is 1. The van der Waals surface area contributed by atoms with Crippen LogP contribution in [0, 0.1) is 0 Å². The van der Waals surface area contributed by atoms with Crippen molar-refractivity contribution in [3.63, 3.8) is 0 Å². The minimum atomic E-state index is -0.539. The highest BCUT2D eigenvalue weighted by molar-refractivity contribution is 9.10. The van der Waals surface area contributed by atoms with Crippen molar-refractivity contribution in [3.05, 3.63) is 33.8 Å². The third kappa shape index (κ3) is 1.89. The van der Waals surface area contributed by atoms with Crippen LogP contribution < -0.4 is 5.73 Å². The van der Waals surface area contributed by atoms with E-state index < -0.39 is 5.41 Å². The zero-order valence-corrected chi connectivity index (χ0v) is 11.4. The second kappa shape index (κ2) is 4.78. The SMILES string of the molecule is COC(=O)C1(CCN)CCc2c(Br)cccc21. The van der Waals surface area contributed by atoms with Crippen molar-refractivity contribution < 1.29 is 9.53 Å². The van der Waals surface area contributed by atoms with E-state index in [0.29, 0.717) is 13.0 Å². The number of hydrogen-bond donors (Lipinski definition) is 1. The van der Waals surface area contributed by atoms with Crippen LogP contribution in [-0.4, -0.2) is 19.6 Å². The predicted molar refractivity (Wildman–Crippen MR) is 69.8 cm³/mol. The number of carbonyl (C=O) groups is 1. The number of hydrogen-bond acceptors (Lipinski definition) is 3. The topological polar surface area (TPSA) is 52.3 Å². The van der Waals surface area contributed by atoms with Crippen molar-refractivity contribution in [2.75, 3.05) is 13.7 Å². The third-order valence-electron chi connectivity index (χ3n) is 3.58. The van der Waals surface area contributed by atoms with Gasteiger partial charge in [-0.05, 0) is 43.0 Å². The van der Waals surface area contributed by atoms with Gasteiger partial charge in [0.25, 0.3) is 0 Å². The largest absolute Gasteiger partial charge is 0.468 e. The minimum Gasteiger partial charge on any atom is -0.468 e. The summed E-state index contributed by atoms with van der Waals surface area (Å²) in [4.78, 5) is 12.1. The molecule has 0 fully saturated rings. The Balaban J connectivity index is 2.53. The summed E-state index contributed by atoms with van der Waals surface area (Å²) in [6.07, 6.45) is 2.32. The van der Waals surface area contributed by atoms with Crippen LogP contribution in [-0.2, 0) is 21.4 Å². The van der Waals surface area contributed by atoms with Crippen molar-refractivity contribution >= 4 is 21.9 Å². The Bertz CT molecular complexity index is 447. The van der Waals surface area contributed by atoms with E-state index >= 15 is 0 Å². The molecule has 1 atom stereocenters. The number of methoxy groups -OCH3 is 1. The normalized spacial score (nSPS) is 22.3. The number of esters is 1. The molecule has 17 heavy (non-hydrogen) atoms. The first kappa shape index (κ1) is 12.6. The number of fused-ring (bicyclic) bond motifs is 1. The fraction of sp³-hybridized carbons (Fsp3) is 0.462. The maximum Gasteiger partial charge on any atom is 0.316 e. The van der Waals surface area contributed by atoms with Gasteiger partial charge in [-0.15, -0.1) is 0 Å². The van der Waals surface area contributed by atoms with Crippen molar-refractivity contribution in [1.29, 1.82) is 0 Å². The van der Waals surface area contributed by atoms with Gasteiger partial charge in [-0.1, -0.05) is 28.1 Å². The second-order valence-electron chi connectivity index (χ2n) is 4.38. The summed E-state index contributed by atoms with van der Waals surface area (Å²) in [6, 6.07) is 5.98. The van der Waals surface area contributed by atoms with Gasteiger partial charge in [-0.3, -0.25) is 4.79 Å². The summed E-state index contributed by atoms with van der Waals surface area (Å²) >= 11 is 3.54. The third-order valence-corrected chi connectivity index (χ3v) is 4.33. The van der Waals surface area contributed by atoms with E-state index in [1.807, 2.05) is 18.2 Å². The summed E-state index contributed by atoms with van der Waals surface area (Å²) < 4.78 is 6.04. The Morgan fingerprint density at radius 1 is 1.59 bits per heavy atom. The van der Waals surface area contributed by atoms with Gasteiger partial charge in [-0.2, -0.15) is 0 Å². The molecule has 2 N–H and O–H groups in total. The van der Waals surface area contributed by atoms with Crippen LogP contribution in [0.3, 0.4) is 0 Å². The lowest BCUT2D eigenvalue weighted by molar-refractivity contribution is -0.147. The first-order chi connectivity index (χ1) is 8.15. The van der Waals surface area contributed by atoms with E-state index in [2.05, 4.69) is 15.9 Å². The molecule has 0 aromatic heterocycles. The molecular weight excluding hydrogens is 282 g/mol. The Morgan fingerprint density at radius 2 is 2.35 bits per heavy atom. The van der Waals surface area contributed by atoms with E-state index in [4.69, 9.17) is 10.5 Å². The smallest absolute Gasteiger partial charge is 0.316 e. The Morgan fingerprint density at radius 3 is 3.00 bits per heavy atom. The first-order valence-corrected chi connectivity index (χ1v) is 6.51. The van der Waals surface area contributed by atoms with Crippen molar-refractivity contribution in [1.82, 2.24) is 0 Å². The molecule has 2 rings (SSSR count). The zero-order chi connectivity index (χ0) is 12.5. The van der Waals surface area contributed by atoms with Gasteiger partial charge < -0.3 is 10.5 Å². The number of nitrogens with two attached hydrogens (primary N) is 1. The van der Waals surface area contributed by atoms with Crippen molar-refractivity contribution in [2.24, 2.45) is 5.73 Å². The first-order valence-electron chi connectivity index (χ1n) is 5.72. The molecule has 1 aliphatic rings. The molecule has 0 spiro atoms. The summed E-state index contributed by atoms with van der Waals surface area (Å²) in [5, 5.41) is 0. The van der Waals surface area contributed by atoms with Crippen LogP contribution in [0.15, 0.2) is 22.7 Å². The van der Waals surface area contributed by atoms with E-state index in [0.717, 1.165) is 22.9 Å². The van der Waals surface area contributed by atoms with Gasteiger partial charge in [-0.25, -0.2) is 0 Å². The molecule has 1 aliphatic carbocycles. The summed E-state index contributed by atoms with van der Waals surface area (Å²) in [6.45, 7) is 0.487. The summed E-state index contributed by atoms with van der Waals surface area (Å²) in [7, 11) is 1.44. The molecule has 92 valence electrons. The molecule has 4 heteroatoms. The van der Waals surface area contributed by atoms with E-state index in [9.17, 15) is 4.79 Å². The molecule has 1 aromatic carbocycles. The van der Waals surface area contributed by atoms with E-state index in [1.54, 1.807) is 0 Å². The van der Waals surface area contributed by atoms with Crippen LogP contribution in [0.25, 0.3) is 0 Å². The standard InChI is InChI=1S/C13H16BrNO2/c1-17-12(16)13(7-8-15)6-5-9-10(13)3-2-4-11(9)14/h2-4H,5-8,15H2,1H3. The molecule has 0 radical (unpaired) electrons. The van der Waals surface area contributed by atoms with Gasteiger partial charge in [0.1, 0.15) is 0 Å². The molecule has 0 amide bonds. The van der Waals surface area contributed by atoms with Gasteiger partial charge >= 0.3 is 5.97 Å². The average molecular weight is 298 g/mol. The van der Waals surface area contributed by atoms with Crippen LogP contribution in [0.4, 0.5) is 0 Å². The van der Waals surface area contributed by atoms with Crippen LogP contribution in [0.2, 0.25) is 0 Å². The molecule has 0 saturated heterocycles. The molecule has 0 saturated carbocycles. The highest BCUT2D eigenvalue weighted by Crippen LogP contribution is 2.44. The van der Waals surface area contributed by atoms with Crippen molar-refractivity contribution in [3.8, 4) is 0 Å². The fourth-order valence-corrected chi connectivity index (χ4v) is 3.31. The lowest BCUT2D eigenvalue weighted by Crippen LogP contribution is -2.36. The monoisotopic (exact) mass is 297 g/mol. The lowest BCUT2D eigenvalue weighted by Gasteiger charge is -2.26.